The summed E-state index contributed by atoms with van der Waals surface area (Å²) in [7, 11) is 0. The van der Waals surface area contributed by atoms with Gasteiger partial charge in [-0.25, -0.2) is 0 Å². The van der Waals surface area contributed by atoms with Crippen LogP contribution in [0.5, 0.6) is 0 Å². The van der Waals surface area contributed by atoms with Crippen molar-refractivity contribution < 1.29 is 4.42 Å². The third-order valence-electron chi connectivity index (χ3n) is 13.0. The van der Waals surface area contributed by atoms with E-state index < -0.39 is 5.41 Å². The highest BCUT2D eigenvalue weighted by atomic mass is 16.3. The summed E-state index contributed by atoms with van der Waals surface area (Å²) in [5.41, 5.74) is 18.4. The molecule has 0 N–H and O–H groups in total. The average Bonchev–Trinajstić information content (AvgIpc) is 3.91. The van der Waals surface area contributed by atoms with Gasteiger partial charge in [0.2, 0.25) is 0 Å². The lowest BCUT2D eigenvalue weighted by Gasteiger charge is -2.32. The molecule has 10 aromatic rings. The minimum absolute atomic E-state index is 0.132. The Bertz CT molecular complexity index is 3260. The monoisotopic (exact) mass is 755 g/mol. The van der Waals surface area contributed by atoms with Crippen LogP contribution in [-0.2, 0) is 10.8 Å². The van der Waals surface area contributed by atoms with Crippen molar-refractivity contribution in [2.24, 2.45) is 0 Å². The number of hydrogen-bond acceptors (Lipinski definition) is 2. The number of rotatable bonds is 4. The molecule has 2 aliphatic carbocycles. The van der Waals surface area contributed by atoms with Gasteiger partial charge < -0.3 is 9.32 Å². The molecule has 0 saturated heterocycles. The summed E-state index contributed by atoms with van der Waals surface area (Å²) in [5, 5.41) is 4.72. The van der Waals surface area contributed by atoms with E-state index in [1.54, 1.807) is 0 Å². The molecule has 2 nitrogen and oxygen atoms in total. The molecular formula is C57H41NO. The van der Waals surface area contributed by atoms with Crippen LogP contribution in [0, 0.1) is 0 Å². The van der Waals surface area contributed by atoms with E-state index in [2.05, 4.69) is 220 Å². The van der Waals surface area contributed by atoms with Gasteiger partial charge in [-0.3, -0.25) is 0 Å². The molecule has 0 atom stereocenters. The van der Waals surface area contributed by atoms with Crippen LogP contribution in [-0.4, -0.2) is 0 Å². The first-order valence-corrected chi connectivity index (χ1v) is 20.7. The van der Waals surface area contributed by atoms with E-state index in [-0.39, 0.29) is 5.41 Å². The van der Waals surface area contributed by atoms with Crippen LogP contribution in [0.2, 0.25) is 0 Å². The standard InChI is InChI=1S/C57H41NO/c1-56(2,3)50-34-37-20-7-8-22-40(37)53-45-26-17-31-52(54(45)59-55(50)53)58(51-30-16-12-21-39(51)36-18-5-4-6-19-36)38-32-33-44-43-25-11-15-29-48(43)57(49(44)35-38)46-27-13-9-23-41(46)42-24-10-14-28-47(42)57/h4-35H,1-3H3. The van der Waals surface area contributed by atoms with E-state index in [1.165, 1.54) is 66.2 Å². The highest BCUT2D eigenvalue weighted by Crippen LogP contribution is 2.63. The van der Waals surface area contributed by atoms with Crippen molar-refractivity contribution >= 4 is 49.8 Å². The number of anilines is 3. The number of nitrogens with zero attached hydrogens (tertiary/aromatic N) is 1. The van der Waals surface area contributed by atoms with Crippen LogP contribution >= 0.6 is 0 Å². The minimum atomic E-state index is -0.467. The molecule has 59 heavy (non-hydrogen) atoms. The fourth-order valence-corrected chi connectivity index (χ4v) is 10.5. The average molecular weight is 756 g/mol. The second-order valence-electron chi connectivity index (χ2n) is 17.2. The van der Waals surface area contributed by atoms with Crippen LogP contribution in [0.15, 0.2) is 199 Å². The molecule has 0 aliphatic heterocycles. The largest absolute Gasteiger partial charge is 0.454 e. The van der Waals surface area contributed by atoms with Crippen LogP contribution in [0.4, 0.5) is 17.1 Å². The van der Waals surface area contributed by atoms with Crippen molar-refractivity contribution in [1.82, 2.24) is 0 Å². The van der Waals surface area contributed by atoms with Gasteiger partial charge in [-0.15, -0.1) is 0 Å². The van der Waals surface area contributed by atoms with Gasteiger partial charge in [-0.05, 0) is 96.6 Å². The van der Waals surface area contributed by atoms with Crippen molar-refractivity contribution in [2.45, 2.75) is 31.6 Å². The van der Waals surface area contributed by atoms with Gasteiger partial charge in [0, 0.05) is 27.6 Å². The molecule has 0 fully saturated rings. The Morgan fingerprint density at radius 3 is 1.64 bits per heavy atom. The number of hydrogen-bond donors (Lipinski definition) is 0. The predicted octanol–water partition coefficient (Wildman–Crippen LogP) is 15.5. The molecule has 0 unspecified atom stereocenters. The molecule has 12 rings (SSSR count). The van der Waals surface area contributed by atoms with Crippen LogP contribution in [0.1, 0.15) is 48.6 Å². The number of para-hydroxylation sites is 2. The molecule has 280 valence electrons. The predicted molar refractivity (Wildman–Crippen MR) is 246 cm³/mol. The second-order valence-corrected chi connectivity index (χ2v) is 17.2. The molecule has 2 aliphatic rings. The van der Waals surface area contributed by atoms with Gasteiger partial charge in [-0.1, -0.05) is 185 Å². The zero-order valence-corrected chi connectivity index (χ0v) is 33.3. The van der Waals surface area contributed by atoms with Crippen molar-refractivity contribution in [3.05, 3.63) is 222 Å². The fourth-order valence-electron chi connectivity index (χ4n) is 10.5. The molecule has 0 radical (unpaired) electrons. The molecule has 2 heteroatoms. The highest BCUT2D eigenvalue weighted by molar-refractivity contribution is 6.22. The summed E-state index contributed by atoms with van der Waals surface area (Å²) in [4.78, 5) is 2.45. The second kappa shape index (κ2) is 12.4. The SMILES string of the molecule is CC(C)(C)c1cc2ccccc2c2c1oc1c(N(c3ccc4c(c3)C3(c5ccccc5-c5ccccc53)c3ccccc3-4)c3ccccc3-c3ccccc3)cccc12. The Balaban J connectivity index is 1.19. The van der Waals surface area contributed by atoms with Crippen molar-refractivity contribution in [2.75, 3.05) is 4.90 Å². The Labute approximate surface area is 344 Å². The lowest BCUT2D eigenvalue weighted by atomic mass is 9.70. The van der Waals surface area contributed by atoms with Gasteiger partial charge >= 0.3 is 0 Å². The van der Waals surface area contributed by atoms with Gasteiger partial charge in [-0.2, -0.15) is 0 Å². The molecule has 1 heterocycles. The maximum Gasteiger partial charge on any atom is 0.159 e. The summed E-state index contributed by atoms with van der Waals surface area (Å²) in [6, 6.07) is 71.6. The first kappa shape index (κ1) is 33.9. The quantitative estimate of drug-likeness (QED) is 0.178. The van der Waals surface area contributed by atoms with E-state index in [9.17, 15) is 0 Å². The first-order valence-electron chi connectivity index (χ1n) is 20.7. The van der Waals surface area contributed by atoms with Crippen LogP contribution in [0.25, 0.3) is 66.1 Å². The van der Waals surface area contributed by atoms with Crippen LogP contribution < -0.4 is 4.90 Å². The summed E-state index contributed by atoms with van der Waals surface area (Å²) >= 11 is 0. The molecule has 0 saturated carbocycles. The number of furan rings is 1. The topological polar surface area (TPSA) is 16.4 Å². The van der Waals surface area contributed by atoms with Crippen LogP contribution in [0.3, 0.4) is 0 Å². The van der Waals surface area contributed by atoms with E-state index in [0.717, 1.165) is 44.7 Å². The van der Waals surface area contributed by atoms with Gasteiger partial charge in [0.1, 0.15) is 5.58 Å². The van der Waals surface area contributed by atoms with Gasteiger partial charge in [0.15, 0.2) is 5.58 Å². The maximum absolute atomic E-state index is 7.31. The zero-order valence-electron chi connectivity index (χ0n) is 33.3. The Morgan fingerprint density at radius 1 is 0.424 bits per heavy atom. The lowest BCUT2D eigenvalue weighted by Crippen LogP contribution is -2.26. The number of fused-ring (bicyclic) bond motifs is 15. The maximum atomic E-state index is 7.31. The third kappa shape index (κ3) is 4.69. The molecule has 0 bridgehead atoms. The first-order chi connectivity index (χ1) is 28.9. The molecule has 0 amide bonds. The van der Waals surface area contributed by atoms with E-state index >= 15 is 0 Å². The zero-order chi connectivity index (χ0) is 39.5. The van der Waals surface area contributed by atoms with E-state index in [4.69, 9.17) is 4.42 Å². The van der Waals surface area contributed by atoms with Crippen molar-refractivity contribution in [3.63, 3.8) is 0 Å². The normalized spacial score (nSPS) is 13.5. The summed E-state index contributed by atoms with van der Waals surface area (Å²) in [6.45, 7) is 6.85. The number of benzene rings is 9. The summed E-state index contributed by atoms with van der Waals surface area (Å²) in [6.07, 6.45) is 0. The molecule has 9 aromatic carbocycles. The van der Waals surface area contributed by atoms with Gasteiger partial charge in [0.05, 0.1) is 16.8 Å². The molecule has 1 aromatic heterocycles. The summed E-state index contributed by atoms with van der Waals surface area (Å²) < 4.78 is 7.31. The lowest BCUT2D eigenvalue weighted by molar-refractivity contribution is 0.573. The smallest absolute Gasteiger partial charge is 0.159 e. The Kier molecular flexibility index (Phi) is 7.14. The Morgan fingerprint density at radius 2 is 0.966 bits per heavy atom. The van der Waals surface area contributed by atoms with Crippen molar-refractivity contribution in [3.8, 4) is 33.4 Å². The van der Waals surface area contributed by atoms with Crippen molar-refractivity contribution in [1.29, 1.82) is 0 Å². The minimum Gasteiger partial charge on any atom is -0.454 e. The van der Waals surface area contributed by atoms with E-state index in [0.29, 0.717) is 0 Å². The van der Waals surface area contributed by atoms with Gasteiger partial charge in [0.25, 0.3) is 0 Å². The summed E-state index contributed by atoms with van der Waals surface area (Å²) in [5.74, 6) is 0. The highest BCUT2D eigenvalue weighted by Gasteiger charge is 2.51. The Hall–Kier alpha value is -7.16. The fraction of sp³-hybridized carbons (Fsp3) is 0.0877. The molecular weight excluding hydrogens is 715 g/mol. The molecule has 1 spiro atoms. The third-order valence-corrected chi connectivity index (χ3v) is 13.0. The van der Waals surface area contributed by atoms with E-state index in [1.807, 2.05) is 0 Å².